The van der Waals surface area contributed by atoms with Crippen molar-refractivity contribution in [2.24, 2.45) is 0 Å². The van der Waals surface area contributed by atoms with Gasteiger partial charge in [0.1, 0.15) is 0 Å². The second-order valence-electron chi connectivity index (χ2n) is 4.16. The summed E-state index contributed by atoms with van der Waals surface area (Å²) in [5.41, 5.74) is 14.5. The summed E-state index contributed by atoms with van der Waals surface area (Å²) in [6, 6.07) is 12.4. The number of nitrogens with one attached hydrogen (secondary N) is 1. The minimum atomic E-state index is -0.219. The lowest BCUT2D eigenvalue weighted by atomic mass is 10.1. The maximum atomic E-state index is 12.0. The summed E-state index contributed by atoms with van der Waals surface area (Å²) in [7, 11) is 0. The van der Waals surface area contributed by atoms with Gasteiger partial charge in [0.2, 0.25) is 0 Å². The zero-order valence-corrected chi connectivity index (χ0v) is 10.1. The van der Waals surface area contributed by atoms with Crippen LogP contribution in [0.1, 0.15) is 15.9 Å². The Hall–Kier alpha value is -2.49. The second kappa shape index (κ2) is 4.79. The molecule has 4 heteroatoms. The zero-order valence-electron chi connectivity index (χ0n) is 10.1. The van der Waals surface area contributed by atoms with E-state index in [1.54, 1.807) is 18.2 Å². The molecule has 5 N–H and O–H groups in total. The number of amides is 1. The molecule has 92 valence electrons. The van der Waals surface area contributed by atoms with Crippen LogP contribution in [-0.2, 0) is 0 Å². The maximum Gasteiger partial charge on any atom is 0.255 e. The number of para-hydroxylation sites is 1. The van der Waals surface area contributed by atoms with Crippen LogP contribution in [0.4, 0.5) is 17.1 Å². The molecule has 0 atom stereocenters. The number of carbonyl (C=O) groups excluding carboxylic acids is 1. The molecule has 0 radical (unpaired) electrons. The van der Waals surface area contributed by atoms with Gasteiger partial charge in [-0.1, -0.05) is 18.2 Å². The molecule has 0 fully saturated rings. The second-order valence-corrected chi connectivity index (χ2v) is 4.16. The Labute approximate surface area is 106 Å². The van der Waals surface area contributed by atoms with Crippen LogP contribution in [0.2, 0.25) is 0 Å². The standard InChI is InChI=1S/C14H15N3O/c1-9-4-2-3-5-13(9)17-14(18)10-6-11(15)8-12(16)7-10/h2-8H,15-16H2,1H3,(H,17,18). The molecular formula is C14H15N3O. The first kappa shape index (κ1) is 12.0. The zero-order chi connectivity index (χ0) is 13.1. The minimum absolute atomic E-state index is 0.219. The van der Waals surface area contributed by atoms with Crippen molar-refractivity contribution < 1.29 is 4.79 Å². The van der Waals surface area contributed by atoms with Gasteiger partial charge in [0.25, 0.3) is 5.91 Å². The number of hydrogen-bond donors (Lipinski definition) is 3. The van der Waals surface area contributed by atoms with Gasteiger partial charge in [-0.05, 0) is 36.8 Å². The van der Waals surface area contributed by atoms with Crippen molar-refractivity contribution in [1.82, 2.24) is 0 Å². The van der Waals surface area contributed by atoms with Gasteiger partial charge in [0.15, 0.2) is 0 Å². The molecule has 0 unspecified atom stereocenters. The normalized spacial score (nSPS) is 10.1. The Morgan fingerprint density at radius 1 is 1.06 bits per heavy atom. The predicted octanol–water partition coefficient (Wildman–Crippen LogP) is 2.41. The van der Waals surface area contributed by atoms with Crippen molar-refractivity contribution >= 4 is 23.0 Å². The van der Waals surface area contributed by atoms with Crippen LogP contribution in [-0.4, -0.2) is 5.91 Å². The highest BCUT2D eigenvalue weighted by Gasteiger charge is 2.08. The Balaban J connectivity index is 2.25. The molecule has 1 amide bonds. The van der Waals surface area contributed by atoms with Crippen LogP contribution in [0.3, 0.4) is 0 Å². The number of hydrogen-bond acceptors (Lipinski definition) is 3. The Morgan fingerprint density at radius 2 is 1.67 bits per heavy atom. The van der Waals surface area contributed by atoms with Crippen LogP contribution in [0.25, 0.3) is 0 Å². The number of benzene rings is 2. The lowest BCUT2D eigenvalue weighted by Crippen LogP contribution is -2.13. The third-order valence-corrected chi connectivity index (χ3v) is 2.63. The summed E-state index contributed by atoms with van der Waals surface area (Å²) in [5, 5.41) is 2.83. The molecule has 2 rings (SSSR count). The molecule has 0 aromatic heterocycles. The van der Waals surface area contributed by atoms with Gasteiger partial charge in [-0.3, -0.25) is 4.79 Å². The molecule has 4 nitrogen and oxygen atoms in total. The first-order valence-electron chi connectivity index (χ1n) is 5.59. The Bertz CT molecular complexity index is 573. The molecule has 0 bridgehead atoms. The van der Waals surface area contributed by atoms with E-state index in [1.165, 1.54) is 0 Å². The number of aryl methyl sites for hydroxylation is 1. The quantitative estimate of drug-likeness (QED) is 0.706. The highest BCUT2D eigenvalue weighted by Crippen LogP contribution is 2.17. The summed E-state index contributed by atoms with van der Waals surface area (Å²) in [6.45, 7) is 1.93. The number of rotatable bonds is 2. The molecule has 0 saturated carbocycles. The largest absolute Gasteiger partial charge is 0.399 e. The van der Waals surface area contributed by atoms with Gasteiger partial charge in [-0.2, -0.15) is 0 Å². The topological polar surface area (TPSA) is 81.1 Å². The summed E-state index contributed by atoms with van der Waals surface area (Å²) in [6.07, 6.45) is 0. The first-order chi connectivity index (χ1) is 8.56. The average molecular weight is 241 g/mol. The number of nitrogen functional groups attached to an aromatic ring is 2. The third kappa shape index (κ3) is 2.60. The van der Waals surface area contributed by atoms with Crippen molar-refractivity contribution in [3.63, 3.8) is 0 Å². The maximum absolute atomic E-state index is 12.0. The Morgan fingerprint density at radius 3 is 2.28 bits per heavy atom. The van der Waals surface area contributed by atoms with E-state index >= 15 is 0 Å². The molecule has 2 aromatic rings. The molecule has 0 aliphatic heterocycles. The fourth-order valence-corrected chi connectivity index (χ4v) is 1.72. The lowest BCUT2D eigenvalue weighted by molar-refractivity contribution is 0.102. The van der Waals surface area contributed by atoms with Gasteiger partial charge >= 0.3 is 0 Å². The van der Waals surface area contributed by atoms with E-state index in [1.807, 2.05) is 31.2 Å². The van der Waals surface area contributed by atoms with E-state index in [0.29, 0.717) is 16.9 Å². The van der Waals surface area contributed by atoms with E-state index in [4.69, 9.17) is 11.5 Å². The van der Waals surface area contributed by atoms with Crippen LogP contribution in [0.15, 0.2) is 42.5 Å². The van der Waals surface area contributed by atoms with Crippen molar-refractivity contribution in [1.29, 1.82) is 0 Å². The van der Waals surface area contributed by atoms with Gasteiger partial charge in [0.05, 0.1) is 0 Å². The first-order valence-corrected chi connectivity index (χ1v) is 5.59. The van der Waals surface area contributed by atoms with Crippen LogP contribution in [0.5, 0.6) is 0 Å². The summed E-state index contributed by atoms with van der Waals surface area (Å²) in [4.78, 5) is 12.0. The van der Waals surface area contributed by atoms with E-state index in [-0.39, 0.29) is 5.91 Å². The molecule has 0 aliphatic carbocycles. The average Bonchev–Trinajstić information content (AvgIpc) is 2.31. The molecule has 18 heavy (non-hydrogen) atoms. The fraction of sp³-hybridized carbons (Fsp3) is 0.0714. The monoisotopic (exact) mass is 241 g/mol. The van der Waals surface area contributed by atoms with Crippen molar-refractivity contribution in [3.05, 3.63) is 53.6 Å². The van der Waals surface area contributed by atoms with Crippen molar-refractivity contribution in [2.75, 3.05) is 16.8 Å². The van der Waals surface area contributed by atoms with Crippen molar-refractivity contribution in [2.45, 2.75) is 6.92 Å². The van der Waals surface area contributed by atoms with Crippen LogP contribution >= 0.6 is 0 Å². The van der Waals surface area contributed by atoms with E-state index < -0.39 is 0 Å². The highest BCUT2D eigenvalue weighted by atomic mass is 16.1. The van der Waals surface area contributed by atoms with E-state index in [2.05, 4.69) is 5.32 Å². The number of nitrogens with two attached hydrogens (primary N) is 2. The van der Waals surface area contributed by atoms with E-state index in [9.17, 15) is 4.79 Å². The van der Waals surface area contributed by atoms with E-state index in [0.717, 1.165) is 11.3 Å². The van der Waals surface area contributed by atoms with Gasteiger partial charge < -0.3 is 16.8 Å². The molecule has 0 aliphatic rings. The lowest BCUT2D eigenvalue weighted by Gasteiger charge is -2.09. The molecule has 0 spiro atoms. The van der Waals surface area contributed by atoms with Gasteiger partial charge in [-0.25, -0.2) is 0 Å². The van der Waals surface area contributed by atoms with Gasteiger partial charge in [-0.15, -0.1) is 0 Å². The third-order valence-electron chi connectivity index (χ3n) is 2.63. The summed E-state index contributed by atoms with van der Waals surface area (Å²) < 4.78 is 0. The Kier molecular flexibility index (Phi) is 3.19. The van der Waals surface area contributed by atoms with Crippen LogP contribution < -0.4 is 16.8 Å². The smallest absolute Gasteiger partial charge is 0.255 e. The van der Waals surface area contributed by atoms with Gasteiger partial charge in [0, 0.05) is 22.6 Å². The SMILES string of the molecule is Cc1ccccc1NC(=O)c1cc(N)cc(N)c1. The molecule has 0 saturated heterocycles. The number of anilines is 3. The molecule has 2 aromatic carbocycles. The predicted molar refractivity (Wildman–Crippen MR) is 74.4 cm³/mol. The highest BCUT2D eigenvalue weighted by molar-refractivity contribution is 6.05. The van der Waals surface area contributed by atoms with Crippen LogP contribution in [0, 0.1) is 6.92 Å². The summed E-state index contributed by atoms with van der Waals surface area (Å²) >= 11 is 0. The molecular weight excluding hydrogens is 226 g/mol. The fourth-order valence-electron chi connectivity index (χ4n) is 1.72. The molecule has 0 heterocycles. The number of carbonyl (C=O) groups is 1. The summed E-state index contributed by atoms with van der Waals surface area (Å²) in [5.74, 6) is -0.219. The minimum Gasteiger partial charge on any atom is -0.399 e. The van der Waals surface area contributed by atoms with Crippen molar-refractivity contribution in [3.8, 4) is 0 Å².